The zero-order valence-corrected chi connectivity index (χ0v) is 52.5. The number of rotatable bonds is 51. The van der Waals surface area contributed by atoms with E-state index in [0.29, 0.717) is 18.5 Å². The molecule has 3 saturated heterocycles. The summed E-state index contributed by atoms with van der Waals surface area (Å²) in [5.74, 6) is 0. The first-order valence-electron chi connectivity index (χ1n) is 30.2. The predicted octanol–water partition coefficient (Wildman–Crippen LogP) is 21.1. The Labute approximate surface area is 456 Å². The van der Waals surface area contributed by atoms with Crippen molar-refractivity contribution < 1.29 is 41.8 Å². The third kappa shape index (κ3) is 48.2. The molecule has 0 aromatic heterocycles. The fraction of sp³-hybridized carbons (Fsp3) is 0.947. The van der Waals surface area contributed by atoms with E-state index >= 15 is 0 Å². The van der Waals surface area contributed by atoms with Crippen LogP contribution in [0, 0.1) is 20.4 Å². The number of hydrogen-bond donors (Lipinski definition) is 3. The normalized spacial score (nSPS) is 16.2. The summed E-state index contributed by atoms with van der Waals surface area (Å²) < 4.78 is 29.8. The minimum absolute atomic E-state index is 0. The van der Waals surface area contributed by atoms with Crippen molar-refractivity contribution in [2.75, 3.05) is 18.5 Å². The molecule has 0 bridgehead atoms. The molecule has 0 amide bonds. The van der Waals surface area contributed by atoms with Crippen LogP contribution in [0.25, 0.3) is 0 Å². The van der Waals surface area contributed by atoms with E-state index in [-0.39, 0.29) is 25.8 Å². The van der Waals surface area contributed by atoms with Crippen molar-refractivity contribution in [1.29, 1.82) is 0 Å². The van der Waals surface area contributed by atoms with Crippen LogP contribution in [0.1, 0.15) is 329 Å². The van der Waals surface area contributed by atoms with E-state index in [1.165, 1.54) is 309 Å². The van der Waals surface area contributed by atoms with E-state index in [4.69, 9.17) is 27.1 Å². The van der Waals surface area contributed by atoms with Gasteiger partial charge in [-0.15, -0.1) is 0 Å². The second kappa shape index (κ2) is 54.2. The molecule has 0 saturated carbocycles. The van der Waals surface area contributed by atoms with Gasteiger partial charge in [-0.25, -0.2) is 0 Å². The fourth-order valence-electron chi connectivity index (χ4n) is 9.32. The van der Waals surface area contributed by atoms with Gasteiger partial charge in [-0.3, -0.25) is 0 Å². The summed E-state index contributed by atoms with van der Waals surface area (Å²) in [6.45, 7) is 10.6. The van der Waals surface area contributed by atoms with E-state index < -0.39 is 23.8 Å². The predicted molar refractivity (Wildman–Crippen MR) is 306 cm³/mol. The summed E-state index contributed by atoms with van der Waals surface area (Å²) in [6, 6.07) is 0. The van der Waals surface area contributed by atoms with Crippen LogP contribution in [0.5, 0.6) is 0 Å². The Balaban J connectivity index is 0.00000101. The van der Waals surface area contributed by atoms with E-state index in [2.05, 4.69) is 20.8 Å². The largest absolute Gasteiger partial charge is 3.00 e. The molecular formula is C57H117InO9P3+3. The third-order valence-electron chi connectivity index (χ3n) is 14.1. The van der Waals surface area contributed by atoms with Gasteiger partial charge >= 0.3 is 49.7 Å². The van der Waals surface area contributed by atoms with Crippen LogP contribution in [0.15, 0.2) is 0 Å². The summed E-state index contributed by atoms with van der Waals surface area (Å²) in [5.41, 5.74) is 0. The van der Waals surface area contributed by atoms with Gasteiger partial charge < -0.3 is 27.1 Å². The summed E-state index contributed by atoms with van der Waals surface area (Å²) in [5, 5.41) is 0. The van der Waals surface area contributed by atoms with E-state index in [0.717, 1.165) is 19.3 Å². The maximum absolute atomic E-state index is 9.66. The Morgan fingerprint density at radius 2 is 0.329 bits per heavy atom. The van der Waals surface area contributed by atoms with Gasteiger partial charge in [0.25, 0.3) is 0 Å². The van der Waals surface area contributed by atoms with Crippen LogP contribution in [0.3, 0.4) is 0 Å². The maximum atomic E-state index is 9.66. The van der Waals surface area contributed by atoms with Crippen LogP contribution in [0.2, 0.25) is 0 Å². The number of unbranched alkanes of at least 4 members (excludes halogenated alkanes) is 45. The van der Waals surface area contributed by atoms with Gasteiger partial charge in [-0.2, -0.15) is 14.7 Å². The first-order chi connectivity index (χ1) is 33.8. The Morgan fingerprint density at radius 3 is 0.429 bits per heavy atom. The molecule has 3 aliphatic heterocycles. The van der Waals surface area contributed by atoms with Crippen molar-refractivity contribution >= 4 is 49.7 Å². The van der Waals surface area contributed by atoms with Gasteiger partial charge in [0.1, 0.15) is 18.5 Å². The molecule has 0 atom stereocenters. The molecule has 0 aliphatic carbocycles. The van der Waals surface area contributed by atoms with Gasteiger partial charge in [0.05, 0.1) is 0 Å². The van der Waals surface area contributed by atoms with Crippen LogP contribution in [0.4, 0.5) is 0 Å². The standard InChI is InChI=1S/3C19H39O3P.In/c3*1-2-3-4-5-6-7-8-9-10-11-12-13-14-15-16-17-18-23(20)21-19-22-23;/h3*19-20H,2-18H2,1H3;/q;;;+3. The summed E-state index contributed by atoms with van der Waals surface area (Å²) in [4.78, 5) is 29.0. The molecule has 0 unspecified atom stereocenters. The Morgan fingerprint density at radius 1 is 0.214 bits per heavy atom. The van der Waals surface area contributed by atoms with Crippen LogP contribution < -0.4 is 0 Å². The van der Waals surface area contributed by atoms with Gasteiger partial charge in [0.2, 0.25) is 0 Å². The van der Waals surface area contributed by atoms with Gasteiger partial charge in [-0.1, -0.05) is 290 Å². The summed E-state index contributed by atoms with van der Waals surface area (Å²) in [7, 11) is -7.16. The van der Waals surface area contributed by atoms with E-state index in [1.54, 1.807) is 0 Å². The van der Waals surface area contributed by atoms with Crippen molar-refractivity contribution in [3.05, 3.63) is 20.4 Å². The molecular weight excluding hydrogens is 1040 g/mol. The van der Waals surface area contributed by atoms with E-state index in [1.807, 2.05) is 0 Å². The molecule has 0 radical (unpaired) electrons. The molecule has 3 fully saturated rings. The Kier molecular flexibility index (Phi) is 55.6. The maximum Gasteiger partial charge on any atom is 3.00 e. The molecule has 0 spiro atoms. The topological polar surface area (TPSA) is 116 Å². The van der Waals surface area contributed by atoms with Crippen LogP contribution in [-0.2, 0) is 27.1 Å². The molecule has 3 aliphatic rings. The molecule has 0 aromatic carbocycles. The van der Waals surface area contributed by atoms with Crippen molar-refractivity contribution in [1.82, 2.24) is 0 Å². The van der Waals surface area contributed by atoms with Crippen LogP contribution in [-0.4, -0.2) is 59.0 Å². The molecule has 3 N–H and O–H groups in total. The smallest absolute Gasteiger partial charge is 0.323 e. The fourth-order valence-corrected chi connectivity index (χ4v) is 12.7. The third-order valence-corrected chi connectivity index (χ3v) is 19.3. The summed E-state index contributed by atoms with van der Waals surface area (Å²) >= 11 is 0. The van der Waals surface area contributed by atoms with E-state index in [9.17, 15) is 14.7 Å². The molecule has 414 valence electrons. The Bertz CT molecular complexity index is 902. The van der Waals surface area contributed by atoms with Crippen LogP contribution >= 0.6 is 23.8 Å². The van der Waals surface area contributed by atoms with Crippen molar-refractivity contribution in [3.63, 3.8) is 0 Å². The van der Waals surface area contributed by atoms with Crippen molar-refractivity contribution in [2.24, 2.45) is 0 Å². The average molecular weight is 1150 g/mol. The molecule has 3 heterocycles. The molecule has 9 nitrogen and oxygen atoms in total. The van der Waals surface area contributed by atoms with Crippen molar-refractivity contribution in [2.45, 2.75) is 329 Å². The van der Waals surface area contributed by atoms with Crippen molar-refractivity contribution in [3.8, 4) is 0 Å². The minimum Gasteiger partial charge on any atom is -0.323 e. The second-order valence-electron chi connectivity index (χ2n) is 20.9. The second-order valence-corrected chi connectivity index (χ2v) is 27.3. The SMILES string of the molecule is CCCCCCCCCCCCCCCCCC[P+]1(O)O[CH-]O1.CCCCCCCCCCCCCCCCCC[P+]1(O)O[CH-]O1.CCCCCCCCCCCCCCCCCC[P+]1(O)O[CH-]O1.[In+3]. The first kappa shape index (κ1) is 71.8. The average Bonchev–Trinajstić information content (AvgIpc) is 3.32. The summed E-state index contributed by atoms with van der Waals surface area (Å²) in [6.07, 6.45) is 67.7. The molecule has 0 aromatic rings. The number of hydrogen-bond acceptors (Lipinski definition) is 9. The van der Waals surface area contributed by atoms with Gasteiger partial charge in [0.15, 0.2) is 0 Å². The van der Waals surface area contributed by atoms with Gasteiger partial charge in [-0.05, 0) is 38.5 Å². The zero-order valence-electron chi connectivity index (χ0n) is 46.5. The van der Waals surface area contributed by atoms with Gasteiger partial charge in [0, 0.05) is 20.4 Å². The Hall–Kier alpha value is 1.80. The molecule has 70 heavy (non-hydrogen) atoms. The minimum atomic E-state index is -2.39. The first-order valence-corrected chi connectivity index (χ1v) is 35.5. The monoisotopic (exact) mass is 1150 g/mol. The quantitative estimate of drug-likeness (QED) is 0.0311. The molecule has 3 rings (SSSR count). The zero-order chi connectivity index (χ0) is 49.9. The molecule has 13 heteroatoms.